The van der Waals surface area contributed by atoms with Gasteiger partial charge < -0.3 is 4.90 Å². The third kappa shape index (κ3) is 2.94. The van der Waals surface area contributed by atoms with Gasteiger partial charge in [-0.1, -0.05) is 30.3 Å². The molecule has 6 heteroatoms. The van der Waals surface area contributed by atoms with Crippen LogP contribution in [0.25, 0.3) is 0 Å². The highest BCUT2D eigenvalue weighted by Crippen LogP contribution is 2.39. The van der Waals surface area contributed by atoms with Gasteiger partial charge in [0, 0.05) is 0 Å². The first kappa shape index (κ1) is 12.3. The highest BCUT2D eigenvalue weighted by Gasteiger charge is 2.40. The Hall–Kier alpha value is -1.17. The molecule has 1 atom stereocenters. The van der Waals surface area contributed by atoms with Crippen molar-refractivity contribution in [1.29, 1.82) is 0 Å². The molecule has 2 nitrogen and oxygen atoms in total. The number of thioether (sulfide) groups is 1. The number of nitrogens with zero attached hydrogens (tertiary/aromatic N) is 1. The molecule has 1 amide bonds. The first-order valence-corrected chi connectivity index (χ1v) is 6.05. The van der Waals surface area contributed by atoms with Crippen LogP contribution in [0, 0.1) is 0 Å². The topological polar surface area (TPSA) is 20.3 Å². The van der Waals surface area contributed by atoms with Gasteiger partial charge in [0.2, 0.25) is 5.91 Å². The fraction of sp³-hybridized carbons (Fsp3) is 0.364. The molecule has 1 aromatic rings. The third-order valence-corrected chi connectivity index (χ3v) is 3.66. The number of carbonyl (C=O) groups is 1. The van der Waals surface area contributed by atoms with Crippen LogP contribution in [0.3, 0.4) is 0 Å². The van der Waals surface area contributed by atoms with Crippen molar-refractivity contribution in [3.05, 3.63) is 35.9 Å². The van der Waals surface area contributed by atoms with Gasteiger partial charge in [0.1, 0.15) is 11.9 Å². The Morgan fingerprint density at radius 2 is 1.94 bits per heavy atom. The molecule has 1 heterocycles. The number of halogens is 3. The van der Waals surface area contributed by atoms with Gasteiger partial charge in [0.15, 0.2) is 0 Å². The standard InChI is InChI=1S/C11H10F3NOS/c12-11(13,14)7-15-9(16)6-17-10(15)8-4-2-1-3-5-8/h1-5,10H,6-7H2. The van der Waals surface area contributed by atoms with E-state index >= 15 is 0 Å². The zero-order valence-corrected chi connectivity index (χ0v) is 9.59. The van der Waals surface area contributed by atoms with Crippen molar-refractivity contribution < 1.29 is 18.0 Å². The maximum Gasteiger partial charge on any atom is 0.406 e. The average Bonchev–Trinajstić information content (AvgIpc) is 2.60. The second-order valence-electron chi connectivity index (χ2n) is 3.71. The molecule has 1 aliphatic rings. The molecule has 0 aromatic heterocycles. The number of rotatable bonds is 2. The zero-order chi connectivity index (χ0) is 12.5. The summed E-state index contributed by atoms with van der Waals surface area (Å²) in [6, 6.07) is 8.77. The maximum atomic E-state index is 12.4. The summed E-state index contributed by atoms with van der Waals surface area (Å²) in [6.07, 6.45) is -4.35. The van der Waals surface area contributed by atoms with E-state index in [0.717, 1.165) is 10.5 Å². The third-order valence-electron chi connectivity index (χ3n) is 2.40. The van der Waals surface area contributed by atoms with E-state index in [1.54, 1.807) is 30.3 Å². The number of amides is 1. The Labute approximate surface area is 101 Å². The predicted octanol–water partition coefficient (Wildman–Crippen LogP) is 2.82. The molecule has 0 spiro atoms. The Morgan fingerprint density at radius 3 is 2.53 bits per heavy atom. The molecular weight excluding hydrogens is 251 g/mol. The van der Waals surface area contributed by atoms with Crippen molar-refractivity contribution in [3.63, 3.8) is 0 Å². The largest absolute Gasteiger partial charge is 0.406 e. The fourth-order valence-corrected chi connectivity index (χ4v) is 2.90. The summed E-state index contributed by atoms with van der Waals surface area (Å²) in [4.78, 5) is 12.3. The predicted molar refractivity (Wildman–Crippen MR) is 59.4 cm³/mol. The maximum absolute atomic E-state index is 12.4. The van der Waals surface area contributed by atoms with E-state index in [1.165, 1.54) is 11.8 Å². The molecular formula is C11H10F3NOS. The Morgan fingerprint density at radius 1 is 1.29 bits per heavy atom. The molecule has 2 rings (SSSR count). The van der Waals surface area contributed by atoms with Crippen molar-refractivity contribution in [3.8, 4) is 0 Å². The molecule has 1 aliphatic heterocycles. The lowest BCUT2D eigenvalue weighted by atomic mass is 10.2. The van der Waals surface area contributed by atoms with Crippen LogP contribution in [0.2, 0.25) is 0 Å². The van der Waals surface area contributed by atoms with Gasteiger partial charge in [0.05, 0.1) is 5.75 Å². The quantitative estimate of drug-likeness (QED) is 0.816. The number of hydrogen-bond donors (Lipinski definition) is 0. The second-order valence-corrected chi connectivity index (χ2v) is 4.78. The Balaban J connectivity index is 2.20. The first-order valence-electron chi connectivity index (χ1n) is 5.00. The fourth-order valence-electron chi connectivity index (χ4n) is 1.71. The normalized spacial score (nSPS) is 21.0. The lowest BCUT2D eigenvalue weighted by Gasteiger charge is -2.25. The lowest BCUT2D eigenvalue weighted by Crippen LogP contribution is -2.37. The summed E-state index contributed by atoms with van der Waals surface area (Å²) in [5.41, 5.74) is 0.729. The van der Waals surface area contributed by atoms with Crippen molar-refractivity contribution in [2.75, 3.05) is 12.3 Å². The van der Waals surface area contributed by atoms with Crippen molar-refractivity contribution >= 4 is 17.7 Å². The SMILES string of the molecule is O=C1CSC(c2ccccc2)N1CC(F)(F)F. The smallest absolute Gasteiger partial charge is 0.317 e. The minimum absolute atomic E-state index is 0.107. The van der Waals surface area contributed by atoms with Crippen LogP contribution in [-0.4, -0.2) is 29.3 Å². The van der Waals surface area contributed by atoms with Crippen LogP contribution in [0.15, 0.2) is 30.3 Å². The molecule has 92 valence electrons. The molecule has 1 aromatic carbocycles. The van der Waals surface area contributed by atoms with Crippen LogP contribution in [0.1, 0.15) is 10.9 Å². The highest BCUT2D eigenvalue weighted by atomic mass is 32.2. The monoisotopic (exact) mass is 261 g/mol. The first-order chi connectivity index (χ1) is 7.97. The van der Waals surface area contributed by atoms with E-state index in [-0.39, 0.29) is 5.75 Å². The molecule has 0 radical (unpaired) electrons. The van der Waals surface area contributed by atoms with Gasteiger partial charge in [-0.25, -0.2) is 0 Å². The van der Waals surface area contributed by atoms with Gasteiger partial charge in [-0.05, 0) is 5.56 Å². The Kier molecular flexibility index (Phi) is 3.33. The van der Waals surface area contributed by atoms with Gasteiger partial charge in [-0.2, -0.15) is 13.2 Å². The summed E-state index contributed by atoms with van der Waals surface area (Å²) >= 11 is 1.23. The van der Waals surface area contributed by atoms with Gasteiger partial charge in [-0.15, -0.1) is 11.8 Å². The van der Waals surface area contributed by atoms with Crippen molar-refractivity contribution in [2.24, 2.45) is 0 Å². The summed E-state index contributed by atoms with van der Waals surface area (Å²) in [7, 11) is 0. The highest BCUT2D eigenvalue weighted by molar-refractivity contribution is 8.00. The van der Waals surface area contributed by atoms with Crippen LogP contribution < -0.4 is 0 Å². The summed E-state index contributed by atoms with van der Waals surface area (Å²) < 4.78 is 37.1. The number of benzene rings is 1. The average molecular weight is 261 g/mol. The molecule has 0 aliphatic carbocycles. The van der Waals surface area contributed by atoms with E-state index < -0.39 is 24.0 Å². The molecule has 0 saturated carbocycles. The summed E-state index contributed by atoms with van der Waals surface area (Å²) in [6.45, 7) is -1.18. The number of hydrogen-bond acceptors (Lipinski definition) is 2. The summed E-state index contributed by atoms with van der Waals surface area (Å²) in [5, 5.41) is -0.523. The lowest BCUT2D eigenvalue weighted by molar-refractivity contribution is -0.159. The van der Waals surface area contributed by atoms with Gasteiger partial charge in [-0.3, -0.25) is 4.79 Å². The van der Waals surface area contributed by atoms with E-state index in [2.05, 4.69) is 0 Å². The molecule has 1 unspecified atom stereocenters. The molecule has 1 fully saturated rings. The molecule has 1 saturated heterocycles. The zero-order valence-electron chi connectivity index (χ0n) is 8.78. The Bertz CT molecular complexity index is 407. The molecule has 0 N–H and O–H groups in total. The van der Waals surface area contributed by atoms with Crippen LogP contribution in [0.4, 0.5) is 13.2 Å². The van der Waals surface area contributed by atoms with E-state index in [1.807, 2.05) is 0 Å². The number of carbonyl (C=O) groups excluding carboxylic acids is 1. The van der Waals surface area contributed by atoms with Crippen molar-refractivity contribution in [2.45, 2.75) is 11.6 Å². The van der Waals surface area contributed by atoms with Gasteiger partial charge in [0.25, 0.3) is 0 Å². The van der Waals surface area contributed by atoms with Gasteiger partial charge >= 0.3 is 6.18 Å². The molecule has 17 heavy (non-hydrogen) atoms. The van der Waals surface area contributed by atoms with E-state index in [9.17, 15) is 18.0 Å². The molecule has 0 bridgehead atoms. The van der Waals surface area contributed by atoms with Crippen LogP contribution in [-0.2, 0) is 4.79 Å². The second kappa shape index (κ2) is 4.60. The minimum atomic E-state index is -4.35. The minimum Gasteiger partial charge on any atom is -0.317 e. The van der Waals surface area contributed by atoms with E-state index in [0.29, 0.717) is 0 Å². The van der Waals surface area contributed by atoms with E-state index in [4.69, 9.17) is 0 Å². The number of alkyl halides is 3. The van der Waals surface area contributed by atoms with Crippen LogP contribution in [0.5, 0.6) is 0 Å². The van der Waals surface area contributed by atoms with Crippen LogP contribution >= 0.6 is 11.8 Å². The van der Waals surface area contributed by atoms with Crippen molar-refractivity contribution in [1.82, 2.24) is 4.90 Å². The summed E-state index contributed by atoms with van der Waals surface area (Å²) in [5.74, 6) is -0.350.